The number of nitrogens with two attached hydrogens (primary N) is 1. The molecule has 0 spiro atoms. The number of imide groups is 1. The lowest BCUT2D eigenvalue weighted by molar-refractivity contribution is -0.136. The summed E-state index contributed by atoms with van der Waals surface area (Å²) in [5.74, 6) is -3.93. The summed E-state index contributed by atoms with van der Waals surface area (Å²) in [6, 6.07) is 11.5. The SMILES string of the molecule is NC1(c2ccccc2NCc2ccc3c(c2)CN(C2CCC(=O)NC2=O)C3=O)CC1(F)F. The molecule has 2 atom stereocenters. The van der Waals surface area contributed by atoms with Gasteiger partial charge in [-0.05, 0) is 29.7 Å². The summed E-state index contributed by atoms with van der Waals surface area (Å²) in [4.78, 5) is 37.9. The van der Waals surface area contributed by atoms with Gasteiger partial charge in [-0.1, -0.05) is 30.3 Å². The predicted molar refractivity (Wildman–Crippen MR) is 112 cm³/mol. The maximum atomic E-state index is 13.8. The molecule has 1 saturated heterocycles. The molecule has 3 amide bonds. The molecule has 2 fully saturated rings. The normalized spacial score (nSPS) is 26.0. The quantitative estimate of drug-likeness (QED) is 0.619. The second-order valence-corrected chi connectivity index (χ2v) is 8.64. The van der Waals surface area contributed by atoms with E-state index in [1.807, 2.05) is 6.07 Å². The first-order valence-corrected chi connectivity index (χ1v) is 10.5. The maximum absolute atomic E-state index is 13.8. The Labute approximate surface area is 183 Å². The van der Waals surface area contributed by atoms with Gasteiger partial charge in [0.25, 0.3) is 11.8 Å². The highest BCUT2D eigenvalue weighted by molar-refractivity contribution is 6.05. The molecule has 1 saturated carbocycles. The number of amides is 3. The fraction of sp³-hybridized carbons (Fsp3) is 0.348. The minimum Gasteiger partial charge on any atom is -0.381 e. The van der Waals surface area contributed by atoms with Gasteiger partial charge < -0.3 is 16.0 Å². The lowest BCUT2D eigenvalue weighted by Crippen LogP contribution is -2.52. The molecule has 0 radical (unpaired) electrons. The van der Waals surface area contributed by atoms with E-state index in [0.29, 0.717) is 29.8 Å². The summed E-state index contributed by atoms with van der Waals surface area (Å²) in [6.45, 7) is 0.640. The lowest BCUT2D eigenvalue weighted by atomic mass is 10.0. The van der Waals surface area contributed by atoms with Crippen molar-refractivity contribution in [2.24, 2.45) is 5.73 Å². The van der Waals surface area contributed by atoms with Crippen LogP contribution >= 0.6 is 0 Å². The van der Waals surface area contributed by atoms with Crippen LogP contribution in [0.5, 0.6) is 0 Å². The van der Waals surface area contributed by atoms with Gasteiger partial charge in [0.05, 0.1) is 0 Å². The Morgan fingerprint density at radius 1 is 1.16 bits per heavy atom. The van der Waals surface area contributed by atoms with Crippen molar-refractivity contribution in [3.05, 3.63) is 64.7 Å². The first kappa shape index (κ1) is 20.6. The van der Waals surface area contributed by atoms with Crippen molar-refractivity contribution in [2.45, 2.75) is 49.9 Å². The molecule has 3 aliphatic rings. The van der Waals surface area contributed by atoms with E-state index in [0.717, 1.165) is 11.1 Å². The largest absolute Gasteiger partial charge is 0.381 e. The number of halogens is 2. The summed E-state index contributed by atoms with van der Waals surface area (Å²) in [5.41, 5.74) is 7.38. The van der Waals surface area contributed by atoms with Gasteiger partial charge in [0.1, 0.15) is 11.6 Å². The molecule has 32 heavy (non-hydrogen) atoms. The third-order valence-electron chi connectivity index (χ3n) is 6.51. The van der Waals surface area contributed by atoms with Crippen LogP contribution in [0.2, 0.25) is 0 Å². The van der Waals surface area contributed by atoms with Crippen LogP contribution in [0.3, 0.4) is 0 Å². The van der Waals surface area contributed by atoms with Gasteiger partial charge in [-0.2, -0.15) is 0 Å². The maximum Gasteiger partial charge on any atom is 0.272 e. The van der Waals surface area contributed by atoms with Crippen LogP contribution in [0.4, 0.5) is 14.5 Å². The van der Waals surface area contributed by atoms with Crippen molar-refractivity contribution >= 4 is 23.4 Å². The number of carbonyl (C=O) groups is 3. The summed E-state index contributed by atoms with van der Waals surface area (Å²) in [7, 11) is 0. The Kier molecular flexibility index (Phi) is 4.56. The molecular formula is C23H22F2N4O3. The van der Waals surface area contributed by atoms with Crippen LogP contribution in [0.1, 0.15) is 46.3 Å². The highest BCUT2D eigenvalue weighted by Crippen LogP contribution is 2.58. The van der Waals surface area contributed by atoms with Crippen molar-refractivity contribution in [1.82, 2.24) is 10.2 Å². The van der Waals surface area contributed by atoms with Gasteiger partial charge in [0, 0.05) is 42.7 Å². The van der Waals surface area contributed by atoms with Crippen molar-refractivity contribution in [3.63, 3.8) is 0 Å². The molecule has 166 valence electrons. The van der Waals surface area contributed by atoms with Crippen molar-refractivity contribution < 1.29 is 23.2 Å². The molecule has 0 bridgehead atoms. The van der Waals surface area contributed by atoms with E-state index in [2.05, 4.69) is 10.6 Å². The number of nitrogens with zero attached hydrogens (tertiary/aromatic N) is 1. The number of rotatable bonds is 5. The average Bonchev–Trinajstić information content (AvgIpc) is 3.11. The van der Waals surface area contributed by atoms with Gasteiger partial charge in [-0.15, -0.1) is 0 Å². The third kappa shape index (κ3) is 3.24. The summed E-state index contributed by atoms with van der Waals surface area (Å²) in [5, 5.41) is 5.48. The molecule has 2 aromatic rings. The fourth-order valence-electron chi connectivity index (χ4n) is 4.56. The number of piperidine rings is 1. The van der Waals surface area contributed by atoms with Crippen LogP contribution in [-0.2, 0) is 28.2 Å². The van der Waals surface area contributed by atoms with E-state index in [9.17, 15) is 23.2 Å². The Balaban J connectivity index is 1.31. The highest BCUT2D eigenvalue weighted by Gasteiger charge is 2.70. The number of benzene rings is 2. The van der Waals surface area contributed by atoms with Crippen LogP contribution in [0.25, 0.3) is 0 Å². The minimum atomic E-state index is -2.92. The zero-order chi connectivity index (χ0) is 22.7. The van der Waals surface area contributed by atoms with Gasteiger partial charge in [-0.3, -0.25) is 19.7 Å². The number of para-hydroxylation sites is 1. The van der Waals surface area contributed by atoms with Crippen LogP contribution in [0, 0.1) is 0 Å². The first-order chi connectivity index (χ1) is 15.2. The second-order valence-electron chi connectivity index (χ2n) is 8.64. The van der Waals surface area contributed by atoms with Gasteiger partial charge in [0.15, 0.2) is 0 Å². The number of nitrogens with one attached hydrogen (secondary N) is 2. The fourth-order valence-corrected chi connectivity index (χ4v) is 4.56. The van der Waals surface area contributed by atoms with Gasteiger partial charge in [0.2, 0.25) is 11.8 Å². The van der Waals surface area contributed by atoms with E-state index >= 15 is 0 Å². The van der Waals surface area contributed by atoms with Crippen LogP contribution < -0.4 is 16.4 Å². The second kappa shape index (κ2) is 7.09. The molecule has 2 aliphatic heterocycles. The predicted octanol–water partition coefficient (Wildman–Crippen LogP) is 2.25. The molecule has 0 aromatic heterocycles. The minimum absolute atomic E-state index is 0.201. The van der Waals surface area contributed by atoms with E-state index in [1.165, 1.54) is 4.90 Å². The number of hydrogen-bond acceptors (Lipinski definition) is 5. The Bertz CT molecular complexity index is 1150. The van der Waals surface area contributed by atoms with Gasteiger partial charge in [-0.25, -0.2) is 8.78 Å². The standard InChI is InChI=1S/C23H22F2N4O3/c24-23(25)12-22(23,26)16-3-1-2-4-17(16)27-10-13-5-6-15-14(9-13)11-29(21(15)32)18-7-8-19(30)28-20(18)31/h1-6,9,18,27H,7-8,10-12,26H2,(H,28,30,31). The molecule has 7 nitrogen and oxygen atoms in total. The Hall–Kier alpha value is -3.33. The molecule has 2 unspecified atom stereocenters. The topological polar surface area (TPSA) is 105 Å². The van der Waals surface area contributed by atoms with E-state index in [-0.39, 0.29) is 31.2 Å². The summed E-state index contributed by atoms with van der Waals surface area (Å²) >= 11 is 0. The lowest BCUT2D eigenvalue weighted by Gasteiger charge is -2.29. The molecule has 2 aromatic carbocycles. The molecule has 1 aliphatic carbocycles. The van der Waals surface area contributed by atoms with E-state index in [4.69, 9.17) is 5.73 Å². The number of hydrogen-bond donors (Lipinski definition) is 3. The van der Waals surface area contributed by atoms with Gasteiger partial charge >= 0.3 is 0 Å². The zero-order valence-corrected chi connectivity index (χ0v) is 17.2. The third-order valence-corrected chi connectivity index (χ3v) is 6.51. The monoisotopic (exact) mass is 440 g/mol. The van der Waals surface area contributed by atoms with Crippen molar-refractivity contribution in [3.8, 4) is 0 Å². The molecule has 5 rings (SSSR count). The number of fused-ring (bicyclic) bond motifs is 1. The van der Waals surface area contributed by atoms with Crippen molar-refractivity contribution in [1.29, 1.82) is 0 Å². The average molecular weight is 440 g/mol. The van der Waals surface area contributed by atoms with E-state index < -0.39 is 23.4 Å². The van der Waals surface area contributed by atoms with Crippen molar-refractivity contribution in [2.75, 3.05) is 5.32 Å². The Morgan fingerprint density at radius 2 is 1.91 bits per heavy atom. The van der Waals surface area contributed by atoms with Crippen LogP contribution in [0.15, 0.2) is 42.5 Å². The smallest absolute Gasteiger partial charge is 0.272 e. The number of carbonyl (C=O) groups excluding carboxylic acids is 3. The molecule has 2 heterocycles. The summed E-state index contributed by atoms with van der Waals surface area (Å²) in [6.07, 6.45) is 0.129. The summed E-state index contributed by atoms with van der Waals surface area (Å²) < 4.78 is 27.6. The molecular weight excluding hydrogens is 418 g/mol. The Morgan fingerprint density at radius 3 is 2.62 bits per heavy atom. The number of alkyl halides is 2. The zero-order valence-electron chi connectivity index (χ0n) is 17.2. The highest BCUT2D eigenvalue weighted by atomic mass is 19.3. The van der Waals surface area contributed by atoms with E-state index in [1.54, 1.807) is 36.4 Å². The first-order valence-electron chi connectivity index (χ1n) is 10.5. The molecule has 9 heteroatoms. The number of anilines is 1. The van der Waals surface area contributed by atoms with Crippen LogP contribution in [-0.4, -0.2) is 34.6 Å². The molecule has 4 N–H and O–H groups in total.